The van der Waals surface area contributed by atoms with Crippen molar-refractivity contribution in [3.8, 4) is 0 Å². The van der Waals surface area contributed by atoms with Crippen molar-refractivity contribution in [1.29, 1.82) is 0 Å². The van der Waals surface area contributed by atoms with Gasteiger partial charge in [0.1, 0.15) is 0 Å². The summed E-state index contributed by atoms with van der Waals surface area (Å²) in [6.07, 6.45) is 2.49. The van der Waals surface area contributed by atoms with Crippen molar-refractivity contribution in [2.75, 3.05) is 32.8 Å². The number of carbonyl (C=O) groups excluding carboxylic acids is 1. The Morgan fingerprint density at radius 2 is 1.95 bits per heavy atom. The molecule has 1 N–H and O–H groups in total. The molecule has 2 aliphatic rings. The SMILES string of the molecule is O=C(CC1COCCN1)N1CCc2ccccc2CC1. The maximum atomic E-state index is 12.4. The lowest BCUT2D eigenvalue weighted by atomic mass is 10.0. The number of hydrogen-bond donors (Lipinski definition) is 1. The largest absolute Gasteiger partial charge is 0.378 e. The van der Waals surface area contributed by atoms with Crippen LogP contribution in [0, 0.1) is 0 Å². The van der Waals surface area contributed by atoms with Crippen LogP contribution in [-0.4, -0.2) is 49.7 Å². The minimum absolute atomic E-state index is 0.182. The van der Waals surface area contributed by atoms with E-state index in [0.717, 1.165) is 39.1 Å². The van der Waals surface area contributed by atoms with Crippen LogP contribution in [0.1, 0.15) is 17.5 Å². The van der Waals surface area contributed by atoms with Crippen molar-refractivity contribution < 1.29 is 9.53 Å². The Balaban J connectivity index is 1.57. The quantitative estimate of drug-likeness (QED) is 0.874. The summed E-state index contributed by atoms with van der Waals surface area (Å²) in [5.41, 5.74) is 2.78. The molecule has 0 aromatic heterocycles. The standard InChI is InChI=1S/C16H22N2O2/c19-16(11-15-12-20-10-7-17-15)18-8-5-13-3-1-2-4-14(13)6-9-18/h1-4,15,17H,5-12H2. The fourth-order valence-electron chi connectivity index (χ4n) is 3.01. The molecule has 2 aliphatic heterocycles. The van der Waals surface area contributed by atoms with E-state index in [0.29, 0.717) is 13.0 Å². The van der Waals surface area contributed by atoms with Crippen molar-refractivity contribution in [2.45, 2.75) is 25.3 Å². The second-order valence-corrected chi connectivity index (χ2v) is 5.58. The van der Waals surface area contributed by atoms with Crippen LogP contribution in [0.5, 0.6) is 0 Å². The van der Waals surface area contributed by atoms with Crippen LogP contribution < -0.4 is 5.32 Å². The molecule has 0 aliphatic carbocycles. The summed E-state index contributed by atoms with van der Waals surface area (Å²) in [6.45, 7) is 3.93. The molecule has 1 unspecified atom stereocenters. The summed E-state index contributed by atoms with van der Waals surface area (Å²) in [5, 5.41) is 3.35. The maximum absolute atomic E-state index is 12.4. The molecule has 0 spiro atoms. The number of morpholine rings is 1. The lowest BCUT2D eigenvalue weighted by molar-refractivity contribution is -0.132. The molecule has 4 nitrogen and oxygen atoms in total. The number of ether oxygens (including phenoxy) is 1. The van der Waals surface area contributed by atoms with Crippen LogP contribution >= 0.6 is 0 Å². The minimum Gasteiger partial charge on any atom is -0.378 e. The van der Waals surface area contributed by atoms with Crippen molar-refractivity contribution in [2.24, 2.45) is 0 Å². The monoisotopic (exact) mass is 274 g/mol. The number of nitrogens with zero attached hydrogens (tertiary/aromatic N) is 1. The van der Waals surface area contributed by atoms with E-state index in [2.05, 4.69) is 29.6 Å². The number of carbonyl (C=O) groups is 1. The van der Waals surface area contributed by atoms with Gasteiger partial charge in [0.05, 0.1) is 13.2 Å². The first kappa shape index (κ1) is 13.6. The second-order valence-electron chi connectivity index (χ2n) is 5.58. The molecule has 1 aromatic carbocycles. The lowest BCUT2D eigenvalue weighted by Crippen LogP contribution is -2.45. The number of fused-ring (bicyclic) bond motifs is 1. The molecule has 1 aromatic rings. The third-order valence-corrected chi connectivity index (χ3v) is 4.19. The summed E-state index contributed by atoms with van der Waals surface area (Å²) in [7, 11) is 0. The molecule has 1 fully saturated rings. The van der Waals surface area contributed by atoms with Crippen molar-refractivity contribution in [3.63, 3.8) is 0 Å². The van der Waals surface area contributed by atoms with Gasteiger partial charge < -0.3 is 15.0 Å². The zero-order valence-corrected chi connectivity index (χ0v) is 11.8. The average Bonchev–Trinajstić information content (AvgIpc) is 2.71. The Morgan fingerprint density at radius 1 is 1.25 bits per heavy atom. The molecule has 0 saturated carbocycles. The number of amides is 1. The first-order valence-electron chi connectivity index (χ1n) is 7.48. The molecule has 1 amide bonds. The predicted molar refractivity (Wildman–Crippen MR) is 77.7 cm³/mol. The van der Waals surface area contributed by atoms with E-state index in [1.54, 1.807) is 0 Å². The van der Waals surface area contributed by atoms with E-state index in [4.69, 9.17) is 4.74 Å². The van der Waals surface area contributed by atoms with E-state index in [-0.39, 0.29) is 11.9 Å². The molecule has 2 heterocycles. The fourth-order valence-corrected chi connectivity index (χ4v) is 3.01. The van der Waals surface area contributed by atoms with E-state index < -0.39 is 0 Å². The normalized spacial score (nSPS) is 23.0. The van der Waals surface area contributed by atoms with Gasteiger partial charge in [0, 0.05) is 32.1 Å². The Kier molecular flexibility index (Phi) is 4.33. The van der Waals surface area contributed by atoms with Gasteiger partial charge in [-0.15, -0.1) is 0 Å². The molecule has 1 saturated heterocycles. The molecular weight excluding hydrogens is 252 g/mol. The molecule has 0 bridgehead atoms. The third-order valence-electron chi connectivity index (χ3n) is 4.19. The van der Waals surface area contributed by atoms with Gasteiger partial charge >= 0.3 is 0 Å². The summed E-state index contributed by atoms with van der Waals surface area (Å²) < 4.78 is 5.41. The van der Waals surface area contributed by atoms with Crippen molar-refractivity contribution in [1.82, 2.24) is 10.2 Å². The van der Waals surface area contributed by atoms with Crippen LogP contribution in [0.25, 0.3) is 0 Å². The van der Waals surface area contributed by atoms with Crippen LogP contribution in [-0.2, 0) is 22.4 Å². The molecule has 1 atom stereocenters. The summed E-state index contributed by atoms with van der Waals surface area (Å²) in [5.74, 6) is 0.251. The smallest absolute Gasteiger partial charge is 0.224 e. The first-order valence-corrected chi connectivity index (χ1v) is 7.48. The van der Waals surface area contributed by atoms with Gasteiger partial charge in [0.15, 0.2) is 0 Å². The molecule has 3 rings (SSSR count). The number of nitrogens with one attached hydrogen (secondary N) is 1. The Bertz CT molecular complexity index is 442. The average molecular weight is 274 g/mol. The van der Waals surface area contributed by atoms with E-state index in [1.165, 1.54) is 11.1 Å². The highest BCUT2D eigenvalue weighted by molar-refractivity contribution is 5.77. The molecule has 0 radical (unpaired) electrons. The van der Waals surface area contributed by atoms with Crippen LogP contribution in [0.2, 0.25) is 0 Å². The van der Waals surface area contributed by atoms with Gasteiger partial charge in [-0.25, -0.2) is 0 Å². The molecular formula is C16H22N2O2. The Morgan fingerprint density at radius 3 is 2.55 bits per heavy atom. The molecule has 20 heavy (non-hydrogen) atoms. The zero-order chi connectivity index (χ0) is 13.8. The highest BCUT2D eigenvalue weighted by Crippen LogP contribution is 2.16. The van der Waals surface area contributed by atoms with E-state index >= 15 is 0 Å². The summed E-state index contributed by atoms with van der Waals surface area (Å²) in [6, 6.07) is 8.71. The van der Waals surface area contributed by atoms with Gasteiger partial charge in [-0.05, 0) is 24.0 Å². The fraction of sp³-hybridized carbons (Fsp3) is 0.562. The maximum Gasteiger partial charge on any atom is 0.224 e. The van der Waals surface area contributed by atoms with Crippen LogP contribution in [0.15, 0.2) is 24.3 Å². The highest BCUT2D eigenvalue weighted by atomic mass is 16.5. The van der Waals surface area contributed by atoms with Crippen LogP contribution in [0.3, 0.4) is 0 Å². The van der Waals surface area contributed by atoms with Gasteiger partial charge in [0.25, 0.3) is 0 Å². The predicted octanol–water partition coefficient (Wildman–Crippen LogP) is 0.992. The number of rotatable bonds is 2. The topological polar surface area (TPSA) is 41.6 Å². The lowest BCUT2D eigenvalue weighted by Gasteiger charge is -2.27. The Labute approximate surface area is 120 Å². The third kappa shape index (κ3) is 3.19. The van der Waals surface area contributed by atoms with Crippen LogP contribution in [0.4, 0.5) is 0 Å². The van der Waals surface area contributed by atoms with E-state index in [1.807, 2.05) is 4.90 Å². The van der Waals surface area contributed by atoms with Crippen molar-refractivity contribution in [3.05, 3.63) is 35.4 Å². The summed E-state index contributed by atoms with van der Waals surface area (Å²) >= 11 is 0. The Hall–Kier alpha value is -1.39. The van der Waals surface area contributed by atoms with Crippen molar-refractivity contribution >= 4 is 5.91 Å². The van der Waals surface area contributed by atoms with Gasteiger partial charge in [0.2, 0.25) is 5.91 Å². The van der Waals surface area contributed by atoms with Gasteiger partial charge in [-0.3, -0.25) is 4.79 Å². The van der Waals surface area contributed by atoms with E-state index in [9.17, 15) is 4.79 Å². The second kappa shape index (κ2) is 6.37. The molecule has 4 heteroatoms. The minimum atomic E-state index is 0.182. The summed E-state index contributed by atoms with van der Waals surface area (Å²) in [4.78, 5) is 14.4. The van der Waals surface area contributed by atoms with Gasteiger partial charge in [-0.1, -0.05) is 24.3 Å². The van der Waals surface area contributed by atoms with Gasteiger partial charge in [-0.2, -0.15) is 0 Å². The number of hydrogen-bond acceptors (Lipinski definition) is 3. The number of benzene rings is 1. The molecule has 108 valence electrons. The highest BCUT2D eigenvalue weighted by Gasteiger charge is 2.22. The first-order chi connectivity index (χ1) is 9.83. The zero-order valence-electron chi connectivity index (χ0n) is 11.8.